The summed E-state index contributed by atoms with van der Waals surface area (Å²) in [5, 5.41) is 10.8. The van der Waals surface area contributed by atoms with Crippen molar-refractivity contribution in [2.75, 3.05) is 26.2 Å². The smallest absolute Gasteiger partial charge is 0.252 e. The first-order chi connectivity index (χ1) is 13.0. The Bertz CT molecular complexity index is 777. The molecule has 1 aromatic heterocycles. The summed E-state index contributed by atoms with van der Waals surface area (Å²) in [5.74, 6) is 0.549. The normalized spacial score (nSPS) is 10.9. The zero-order valence-corrected chi connectivity index (χ0v) is 20.2. The third kappa shape index (κ3) is 7.92. The number of nitrogens with one attached hydrogen (secondary N) is 3. The van der Waals surface area contributed by atoms with Crippen LogP contribution in [0.5, 0.6) is 0 Å². The number of hydrogen-bond acceptors (Lipinski definition) is 4. The number of carbonyl (C=O) groups excluding carboxylic acids is 1. The second-order valence-electron chi connectivity index (χ2n) is 5.92. The largest absolute Gasteiger partial charge is 0.357 e. The number of carbonyl (C=O) groups is 1. The van der Waals surface area contributed by atoms with E-state index in [1.807, 2.05) is 13.8 Å². The number of aryl methyl sites for hydroxylation is 2. The van der Waals surface area contributed by atoms with Gasteiger partial charge in [-0.05, 0) is 32.9 Å². The number of benzene rings is 1. The lowest BCUT2D eigenvalue weighted by molar-refractivity contribution is 0.0954. The van der Waals surface area contributed by atoms with Gasteiger partial charge in [0.1, 0.15) is 0 Å². The zero-order chi connectivity index (χ0) is 19.6. The van der Waals surface area contributed by atoms with E-state index in [4.69, 9.17) is 11.6 Å². The van der Waals surface area contributed by atoms with Crippen molar-refractivity contribution in [2.45, 2.75) is 27.2 Å². The number of amides is 1. The first kappa shape index (κ1) is 24.6. The van der Waals surface area contributed by atoms with Gasteiger partial charge in [0.25, 0.3) is 5.91 Å². The Morgan fingerprint density at radius 1 is 1.18 bits per heavy atom. The third-order valence-electron chi connectivity index (χ3n) is 3.83. The fraction of sp³-hybridized carbons (Fsp3) is 0.421. The maximum absolute atomic E-state index is 12.1. The molecule has 2 aromatic rings. The van der Waals surface area contributed by atoms with Crippen LogP contribution in [0.2, 0.25) is 5.02 Å². The Hall–Kier alpha value is -1.39. The van der Waals surface area contributed by atoms with Crippen LogP contribution >= 0.6 is 46.9 Å². The van der Waals surface area contributed by atoms with Crippen molar-refractivity contribution in [1.82, 2.24) is 20.9 Å². The summed E-state index contributed by atoms with van der Waals surface area (Å²) in [7, 11) is 0. The molecule has 0 unspecified atom stereocenters. The molecule has 0 saturated heterocycles. The quantitative estimate of drug-likeness (QED) is 0.209. The summed E-state index contributed by atoms with van der Waals surface area (Å²) in [4.78, 5) is 22.5. The van der Waals surface area contributed by atoms with E-state index in [1.54, 1.807) is 35.6 Å². The minimum absolute atomic E-state index is 0. The summed E-state index contributed by atoms with van der Waals surface area (Å²) < 4.78 is 0. The Morgan fingerprint density at radius 2 is 1.89 bits per heavy atom. The molecule has 1 heterocycles. The molecule has 28 heavy (non-hydrogen) atoms. The van der Waals surface area contributed by atoms with E-state index in [1.165, 1.54) is 4.88 Å². The van der Waals surface area contributed by atoms with E-state index in [2.05, 4.69) is 32.9 Å². The number of nitrogens with zero attached hydrogens (tertiary/aromatic N) is 2. The molecular weight excluding hydrogens is 509 g/mol. The Labute approximate surface area is 192 Å². The summed E-state index contributed by atoms with van der Waals surface area (Å²) in [5.41, 5.74) is 1.58. The number of rotatable bonds is 8. The van der Waals surface area contributed by atoms with E-state index in [0.29, 0.717) is 30.2 Å². The molecule has 3 N–H and O–H groups in total. The van der Waals surface area contributed by atoms with Crippen molar-refractivity contribution in [2.24, 2.45) is 4.99 Å². The SMILES string of the molecule is CCNC(=NCCc1nc(C)c(C)s1)NCCNC(=O)c1ccccc1Cl.I. The highest BCUT2D eigenvalue weighted by Gasteiger charge is 2.08. The third-order valence-corrected chi connectivity index (χ3v) is 5.30. The van der Waals surface area contributed by atoms with E-state index in [-0.39, 0.29) is 29.9 Å². The second-order valence-corrected chi connectivity index (χ2v) is 7.62. The van der Waals surface area contributed by atoms with Gasteiger partial charge in [0, 0.05) is 37.5 Å². The molecule has 0 radical (unpaired) electrons. The maximum Gasteiger partial charge on any atom is 0.252 e. The highest BCUT2D eigenvalue weighted by Crippen LogP contribution is 2.16. The number of guanidine groups is 1. The molecule has 0 aliphatic heterocycles. The van der Waals surface area contributed by atoms with Gasteiger partial charge in [0.05, 0.1) is 21.3 Å². The molecule has 0 fully saturated rings. The first-order valence-corrected chi connectivity index (χ1v) is 10.2. The van der Waals surface area contributed by atoms with Gasteiger partial charge in [-0.1, -0.05) is 23.7 Å². The number of hydrogen-bond donors (Lipinski definition) is 3. The van der Waals surface area contributed by atoms with Crippen molar-refractivity contribution >= 4 is 58.8 Å². The molecule has 0 aliphatic rings. The molecule has 154 valence electrons. The van der Waals surface area contributed by atoms with Crippen molar-refractivity contribution in [3.05, 3.63) is 50.4 Å². The Balaban J connectivity index is 0.00000392. The molecule has 6 nitrogen and oxygen atoms in total. The lowest BCUT2D eigenvalue weighted by Crippen LogP contribution is -2.41. The van der Waals surface area contributed by atoms with Gasteiger partial charge in [-0.3, -0.25) is 9.79 Å². The van der Waals surface area contributed by atoms with E-state index >= 15 is 0 Å². The lowest BCUT2D eigenvalue weighted by atomic mass is 10.2. The standard InChI is InChI=1S/C19H26ClN5OS.HI/c1-4-21-19(23-10-9-17-25-13(2)14(3)27-17)24-12-11-22-18(26)15-7-5-6-8-16(15)20;/h5-8H,4,9-12H2,1-3H3,(H,22,26)(H2,21,23,24);1H. The maximum atomic E-state index is 12.1. The van der Waals surface area contributed by atoms with Crippen LogP contribution in [-0.2, 0) is 6.42 Å². The summed E-state index contributed by atoms with van der Waals surface area (Å²) >= 11 is 7.76. The van der Waals surface area contributed by atoms with Crippen LogP contribution in [0.4, 0.5) is 0 Å². The molecule has 1 amide bonds. The highest BCUT2D eigenvalue weighted by molar-refractivity contribution is 14.0. The Kier molecular flexibility index (Phi) is 11.4. The van der Waals surface area contributed by atoms with Crippen molar-refractivity contribution in [1.29, 1.82) is 0 Å². The lowest BCUT2D eigenvalue weighted by Gasteiger charge is -2.12. The van der Waals surface area contributed by atoms with Crippen LogP contribution in [-0.4, -0.2) is 43.0 Å². The van der Waals surface area contributed by atoms with E-state index in [9.17, 15) is 4.79 Å². The average molecular weight is 536 g/mol. The van der Waals surface area contributed by atoms with Gasteiger partial charge in [-0.2, -0.15) is 0 Å². The summed E-state index contributed by atoms with van der Waals surface area (Å²) in [6, 6.07) is 7.00. The Morgan fingerprint density at radius 3 is 2.54 bits per heavy atom. The number of aromatic nitrogens is 1. The molecule has 9 heteroatoms. The number of aliphatic imine (C=N–C) groups is 1. The van der Waals surface area contributed by atoms with Crippen molar-refractivity contribution in [3.8, 4) is 0 Å². The van der Waals surface area contributed by atoms with Crippen LogP contribution < -0.4 is 16.0 Å². The van der Waals surface area contributed by atoms with Crippen LogP contribution in [0.1, 0.15) is 32.9 Å². The highest BCUT2D eigenvalue weighted by atomic mass is 127. The zero-order valence-electron chi connectivity index (χ0n) is 16.3. The van der Waals surface area contributed by atoms with Crippen LogP contribution in [0.3, 0.4) is 0 Å². The predicted molar refractivity (Wildman–Crippen MR) is 128 cm³/mol. The fourth-order valence-electron chi connectivity index (χ4n) is 2.35. The van der Waals surface area contributed by atoms with Gasteiger partial charge in [-0.25, -0.2) is 4.98 Å². The van der Waals surface area contributed by atoms with Crippen LogP contribution in [0, 0.1) is 13.8 Å². The monoisotopic (exact) mass is 535 g/mol. The average Bonchev–Trinajstić information content (AvgIpc) is 2.96. The number of halogens is 2. The topological polar surface area (TPSA) is 78.4 Å². The van der Waals surface area contributed by atoms with Gasteiger partial charge >= 0.3 is 0 Å². The predicted octanol–water partition coefficient (Wildman–Crippen LogP) is 3.56. The second kappa shape index (κ2) is 12.9. The molecule has 0 spiro atoms. The van der Waals surface area contributed by atoms with Crippen molar-refractivity contribution in [3.63, 3.8) is 0 Å². The van der Waals surface area contributed by atoms with Crippen molar-refractivity contribution < 1.29 is 4.79 Å². The molecule has 0 bridgehead atoms. The first-order valence-electron chi connectivity index (χ1n) is 8.99. The molecule has 0 atom stereocenters. The minimum Gasteiger partial charge on any atom is -0.357 e. The molecular formula is C19H27ClIN5OS. The van der Waals surface area contributed by atoms with Gasteiger partial charge in [0.15, 0.2) is 5.96 Å². The van der Waals surface area contributed by atoms with Gasteiger partial charge in [-0.15, -0.1) is 35.3 Å². The number of thiazole rings is 1. The van der Waals surface area contributed by atoms with Gasteiger partial charge in [0.2, 0.25) is 0 Å². The van der Waals surface area contributed by atoms with Crippen LogP contribution in [0.25, 0.3) is 0 Å². The minimum atomic E-state index is -0.182. The van der Waals surface area contributed by atoms with E-state index in [0.717, 1.165) is 29.6 Å². The summed E-state index contributed by atoms with van der Waals surface area (Å²) in [6.07, 6.45) is 0.819. The molecule has 1 aromatic carbocycles. The molecule has 0 aliphatic carbocycles. The molecule has 0 saturated carbocycles. The van der Waals surface area contributed by atoms with Gasteiger partial charge < -0.3 is 16.0 Å². The summed E-state index contributed by atoms with van der Waals surface area (Å²) in [6.45, 7) is 8.60. The fourth-order valence-corrected chi connectivity index (χ4v) is 3.49. The molecule has 2 rings (SSSR count). The van der Waals surface area contributed by atoms with E-state index < -0.39 is 0 Å². The van der Waals surface area contributed by atoms with Crippen LogP contribution in [0.15, 0.2) is 29.3 Å².